The summed E-state index contributed by atoms with van der Waals surface area (Å²) < 4.78 is 7.29. The molecule has 2 amide bonds. The van der Waals surface area contributed by atoms with Crippen LogP contribution in [0.3, 0.4) is 0 Å². The van der Waals surface area contributed by atoms with Crippen molar-refractivity contribution in [3.8, 4) is 17.1 Å². The predicted molar refractivity (Wildman–Crippen MR) is 149 cm³/mol. The molecule has 3 aromatic rings. The number of aromatic nitrogens is 3. The minimum atomic E-state index is -0.163. The van der Waals surface area contributed by atoms with E-state index in [9.17, 15) is 9.59 Å². The summed E-state index contributed by atoms with van der Waals surface area (Å²) in [6.07, 6.45) is 0. The zero-order valence-corrected chi connectivity index (χ0v) is 23.2. The molecule has 2 aromatic carbocycles. The molecular formula is C30H36N6O3. The number of amides is 2. The molecule has 0 aliphatic carbocycles. The summed E-state index contributed by atoms with van der Waals surface area (Å²) in [4.78, 5) is 35.1. The maximum atomic E-state index is 13.6. The molecule has 0 bridgehead atoms. The van der Waals surface area contributed by atoms with Crippen molar-refractivity contribution in [2.45, 2.75) is 45.7 Å². The van der Waals surface area contributed by atoms with Crippen LogP contribution in [0.1, 0.15) is 48.4 Å². The summed E-state index contributed by atoms with van der Waals surface area (Å²) in [5, 5.41) is 8.23. The van der Waals surface area contributed by atoms with Crippen molar-refractivity contribution >= 4 is 17.5 Å². The fraction of sp³-hybridized carbons (Fsp3) is 0.467. The second-order valence-electron chi connectivity index (χ2n) is 11.5. The Hall–Kier alpha value is -3.56. The van der Waals surface area contributed by atoms with Gasteiger partial charge in [-0.2, -0.15) is 0 Å². The number of nitrogens with zero attached hydrogens (tertiary/aromatic N) is 5. The molecule has 0 radical (unpaired) electrons. The SMILES string of the molecule is Cc1ccc(-n2nc(C(=O)N3C[C@@H](C)N[C@@H](C)C3)nc2-c2ccc3c(c2)C(C2COC2)[C@H](C)C(=O)N3C)cc1. The molecule has 1 aromatic heterocycles. The van der Waals surface area contributed by atoms with Crippen LogP contribution in [0.4, 0.5) is 5.69 Å². The number of nitrogens with one attached hydrogen (secondary N) is 1. The summed E-state index contributed by atoms with van der Waals surface area (Å²) in [6, 6.07) is 14.6. The highest BCUT2D eigenvalue weighted by atomic mass is 16.5. The van der Waals surface area contributed by atoms with Crippen molar-refractivity contribution < 1.29 is 14.3 Å². The van der Waals surface area contributed by atoms with Crippen LogP contribution in [-0.2, 0) is 9.53 Å². The van der Waals surface area contributed by atoms with E-state index in [1.165, 1.54) is 0 Å². The van der Waals surface area contributed by atoms with Gasteiger partial charge < -0.3 is 19.9 Å². The molecule has 6 rings (SSSR count). The molecular weight excluding hydrogens is 492 g/mol. The molecule has 0 saturated carbocycles. The largest absolute Gasteiger partial charge is 0.381 e. The Balaban J connectivity index is 1.45. The summed E-state index contributed by atoms with van der Waals surface area (Å²) in [7, 11) is 1.84. The van der Waals surface area contributed by atoms with E-state index in [2.05, 4.69) is 25.2 Å². The molecule has 2 fully saturated rings. The van der Waals surface area contributed by atoms with E-state index in [-0.39, 0.29) is 41.6 Å². The maximum Gasteiger partial charge on any atom is 0.293 e. The highest BCUT2D eigenvalue weighted by molar-refractivity contribution is 5.99. The number of hydrogen-bond donors (Lipinski definition) is 1. The van der Waals surface area contributed by atoms with Crippen LogP contribution < -0.4 is 10.2 Å². The molecule has 39 heavy (non-hydrogen) atoms. The lowest BCUT2D eigenvalue weighted by Gasteiger charge is -2.43. The van der Waals surface area contributed by atoms with Crippen molar-refractivity contribution in [1.82, 2.24) is 25.0 Å². The summed E-state index contributed by atoms with van der Waals surface area (Å²) in [5.41, 5.74) is 4.88. The lowest BCUT2D eigenvalue weighted by atomic mass is 9.73. The first-order valence-electron chi connectivity index (χ1n) is 13.8. The number of carbonyl (C=O) groups is 2. The third-order valence-corrected chi connectivity index (χ3v) is 8.36. The van der Waals surface area contributed by atoms with Crippen LogP contribution in [-0.4, -0.2) is 76.9 Å². The molecule has 9 nitrogen and oxygen atoms in total. The molecule has 2 saturated heterocycles. The Morgan fingerprint density at radius 2 is 1.72 bits per heavy atom. The van der Waals surface area contributed by atoms with Crippen LogP contribution in [0.2, 0.25) is 0 Å². The van der Waals surface area contributed by atoms with Gasteiger partial charge >= 0.3 is 0 Å². The molecule has 0 spiro atoms. The van der Waals surface area contributed by atoms with Gasteiger partial charge in [0.05, 0.1) is 18.9 Å². The molecule has 9 heteroatoms. The first-order valence-corrected chi connectivity index (χ1v) is 13.8. The van der Waals surface area contributed by atoms with Gasteiger partial charge in [0.15, 0.2) is 5.82 Å². The highest BCUT2D eigenvalue weighted by Gasteiger charge is 2.43. The Morgan fingerprint density at radius 3 is 2.36 bits per heavy atom. The van der Waals surface area contributed by atoms with Gasteiger partial charge in [-0.25, -0.2) is 9.67 Å². The van der Waals surface area contributed by atoms with E-state index in [1.54, 1.807) is 9.58 Å². The molecule has 3 aliphatic rings. The van der Waals surface area contributed by atoms with Crippen LogP contribution in [0.5, 0.6) is 0 Å². The van der Waals surface area contributed by atoms with Gasteiger partial charge in [0.25, 0.3) is 5.91 Å². The van der Waals surface area contributed by atoms with E-state index in [4.69, 9.17) is 14.8 Å². The number of anilines is 1. The number of fused-ring (bicyclic) bond motifs is 1. The third kappa shape index (κ3) is 4.53. The Bertz CT molecular complexity index is 1400. The first-order chi connectivity index (χ1) is 18.7. The van der Waals surface area contributed by atoms with E-state index in [1.807, 2.05) is 62.2 Å². The van der Waals surface area contributed by atoms with E-state index in [0.29, 0.717) is 38.0 Å². The van der Waals surface area contributed by atoms with Gasteiger partial charge in [-0.15, -0.1) is 5.10 Å². The minimum Gasteiger partial charge on any atom is -0.381 e. The third-order valence-electron chi connectivity index (χ3n) is 8.36. The molecule has 1 N–H and O–H groups in total. The zero-order chi connectivity index (χ0) is 27.4. The van der Waals surface area contributed by atoms with Crippen LogP contribution in [0.15, 0.2) is 42.5 Å². The van der Waals surface area contributed by atoms with E-state index < -0.39 is 0 Å². The Labute approximate surface area is 229 Å². The summed E-state index contributed by atoms with van der Waals surface area (Å²) in [6.45, 7) is 10.8. The van der Waals surface area contributed by atoms with Gasteiger partial charge in [-0.1, -0.05) is 24.6 Å². The zero-order valence-electron chi connectivity index (χ0n) is 23.2. The summed E-state index contributed by atoms with van der Waals surface area (Å²) in [5.74, 6) is 0.987. The number of benzene rings is 2. The molecule has 1 unspecified atom stereocenters. The number of hydrogen-bond acceptors (Lipinski definition) is 6. The molecule has 4 heterocycles. The lowest BCUT2D eigenvalue weighted by molar-refractivity contribution is -0.126. The van der Waals surface area contributed by atoms with Crippen molar-refractivity contribution in [1.29, 1.82) is 0 Å². The smallest absolute Gasteiger partial charge is 0.293 e. The topological polar surface area (TPSA) is 92.6 Å². The number of rotatable bonds is 4. The fourth-order valence-corrected chi connectivity index (χ4v) is 6.33. The van der Waals surface area contributed by atoms with Gasteiger partial charge in [0.1, 0.15) is 0 Å². The van der Waals surface area contributed by atoms with Crippen LogP contribution in [0.25, 0.3) is 17.1 Å². The predicted octanol–water partition coefficient (Wildman–Crippen LogP) is 3.41. The van der Waals surface area contributed by atoms with Gasteiger partial charge in [-0.3, -0.25) is 9.59 Å². The average molecular weight is 529 g/mol. The normalized spacial score (nSPS) is 25.4. The van der Waals surface area contributed by atoms with E-state index in [0.717, 1.165) is 28.1 Å². The lowest BCUT2D eigenvalue weighted by Crippen LogP contribution is -2.56. The standard InChI is InChI=1S/C30H36N6O3/c1-17-6-9-23(10-7-17)36-28(32-27(33-36)30(38)35-13-18(2)31-19(3)14-35)21-8-11-25-24(12-21)26(22-15-39-16-22)20(4)29(37)34(25)5/h6-12,18-20,22,26,31H,13-16H2,1-5H3/t18-,19+,20-,26?/m0/s1. The Kier molecular flexibility index (Phi) is 6.51. The monoisotopic (exact) mass is 528 g/mol. The van der Waals surface area contributed by atoms with Crippen LogP contribution in [0, 0.1) is 18.8 Å². The number of carbonyl (C=O) groups excluding carboxylic acids is 2. The number of ether oxygens (including phenoxy) is 1. The number of piperazine rings is 1. The molecule has 4 atom stereocenters. The molecule has 3 aliphatic heterocycles. The maximum absolute atomic E-state index is 13.6. The second-order valence-corrected chi connectivity index (χ2v) is 11.5. The van der Waals surface area contributed by atoms with E-state index >= 15 is 0 Å². The quantitative estimate of drug-likeness (QED) is 0.558. The van der Waals surface area contributed by atoms with Crippen molar-refractivity contribution in [2.75, 3.05) is 38.3 Å². The fourth-order valence-electron chi connectivity index (χ4n) is 6.33. The first kappa shape index (κ1) is 25.7. The summed E-state index contributed by atoms with van der Waals surface area (Å²) >= 11 is 0. The van der Waals surface area contributed by atoms with Crippen molar-refractivity contribution in [3.05, 3.63) is 59.4 Å². The van der Waals surface area contributed by atoms with Crippen LogP contribution >= 0.6 is 0 Å². The second kappa shape index (κ2) is 9.88. The van der Waals surface area contributed by atoms with Gasteiger partial charge in [0, 0.05) is 61.2 Å². The highest BCUT2D eigenvalue weighted by Crippen LogP contribution is 2.46. The number of aryl methyl sites for hydroxylation is 1. The van der Waals surface area contributed by atoms with Gasteiger partial charge in [-0.05, 0) is 56.7 Å². The minimum absolute atomic E-state index is 0.0677. The Morgan fingerprint density at radius 1 is 1.03 bits per heavy atom. The van der Waals surface area contributed by atoms with Crippen molar-refractivity contribution in [2.24, 2.45) is 11.8 Å². The average Bonchev–Trinajstić information content (AvgIpc) is 3.33. The molecule has 204 valence electrons. The van der Waals surface area contributed by atoms with Gasteiger partial charge in [0.2, 0.25) is 11.7 Å². The van der Waals surface area contributed by atoms with Crippen molar-refractivity contribution in [3.63, 3.8) is 0 Å².